The summed E-state index contributed by atoms with van der Waals surface area (Å²) >= 11 is 0. The van der Waals surface area contributed by atoms with Crippen LogP contribution in [0.15, 0.2) is 36.0 Å². The van der Waals surface area contributed by atoms with Gasteiger partial charge in [-0.15, -0.1) is 0 Å². The molecule has 44 heavy (non-hydrogen) atoms. The first-order chi connectivity index (χ1) is 20.7. The van der Waals surface area contributed by atoms with E-state index in [4.69, 9.17) is 28.8 Å². The highest BCUT2D eigenvalue weighted by atomic mass is 16.7. The number of carboxylic acids is 1. The number of rotatable bonds is 10. The molecule has 0 aromatic heterocycles. The number of hydrogen-bond acceptors (Lipinski definition) is 9. The van der Waals surface area contributed by atoms with E-state index in [1.807, 2.05) is 32.9 Å². The van der Waals surface area contributed by atoms with Gasteiger partial charge in [-0.25, -0.2) is 4.79 Å². The zero-order valence-electron chi connectivity index (χ0n) is 26.6. The van der Waals surface area contributed by atoms with E-state index >= 15 is 0 Å². The normalized spacial score (nSPS) is 38.3. The van der Waals surface area contributed by atoms with Crippen LogP contribution in [0.5, 0.6) is 0 Å². The molecule has 4 fully saturated rings. The van der Waals surface area contributed by atoms with E-state index in [-0.39, 0.29) is 36.6 Å². The van der Waals surface area contributed by atoms with Gasteiger partial charge in [0.1, 0.15) is 23.9 Å². The number of epoxide rings is 1. The zero-order valence-corrected chi connectivity index (χ0v) is 26.6. The summed E-state index contributed by atoms with van der Waals surface area (Å²) in [5.74, 6) is -2.42. The third-order valence-electron chi connectivity index (χ3n) is 9.17. The largest absolute Gasteiger partial charge is 0.481 e. The number of nitrogens with zero attached hydrogens (tertiary/aromatic N) is 1. The molecule has 3 N–H and O–H groups in total. The lowest BCUT2D eigenvalue weighted by Gasteiger charge is -2.42. The summed E-state index contributed by atoms with van der Waals surface area (Å²) in [6.45, 7) is 10.5. The molecule has 12 heteroatoms. The van der Waals surface area contributed by atoms with E-state index in [0.717, 1.165) is 12.0 Å². The maximum atomic E-state index is 12.6. The van der Waals surface area contributed by atoms with Crippen molar-refractivity contribution >= 4 is 18.0 Å². The molecule has 4 heterocycles. The van der Waals surface area contributed by atoms with Crippen molar-refractivity contribution in [2.75, 3.05) is 26.8 Å². The maximum Gasteiger partial charge on any atom is 0.410 e. The molecule has 2 amide bonds. The minimum absolute atomic E-state index is 0.0146. The second-order valence-corrected chi connectivity index (χ2v) is 12.9. The number of amides is 2. The summed E-state index contributed by atoms with van der Waals surface area (Å²) in [6, 6.07) is -0.171. The monoisotopic (exact) mass is 620 g/mol. The minimum atomic E-state index is -0.921. The molecule has 4 aliphatic heterocycles. The number of carboxylic acid groups (broad SMARTS) is 1. The molecule has 1 spiro atoms. The van der Waals surface area contributed by atoms with Crippen LogP contribution in [0, 0.1) is 11.8 Å². The van der Waals surface area contributed by atoms with Crippen LogP contribution in [0.4, 0.5) is 4.79 Å². The van der Waals surface area contributed by atoms with Gasteiger partial charge in [0.2, 0.25) is 5.91 Å². The molecule has 0 aromatic carbocycles. The van der Waals surface area contributed by atoms with Crippen LogP contribution in [0.1, 0.15) is 60.3 Å². The highest BCUT2D eigenvalue weighted by Crippen LogP contribution is 2.46. The number of allylic oxidation sites excluding steroid dienone is 2. The quantitative estimate of drug-likeness (QED) is 0.189. The summed E-state index contributed by atoms with van der Waals surface area (Å²) in [4.78, 5) is 37.4. The number of aliphatic carboxylic acids is 1. The fourth-order valence-corrected chi connectivity index (χ4v) is 6.16. The molecule has 12 nitrogen and oxygen atoms in total. The second-order valence-electron chi connectivity index (χ2n) is 12.9. The number of ether oxygens (including phenoxy) is 5. The Morgan fingerprint density at radius 3 is 2.59 bits per heavy atom. The van der Waals surface area contributed by atoms with Crippen molar-refractivity contribution in [1.82, 2.24) is 10.2 Å². The minimum Gasteiger partial charge on any atom is -0.481 e. The molecule has 0 aromatic rings. The van der Waals surface area contributed by atoms with Gasteiger partial charge in [0, 0.05) is 32.7 Å². The van der Waals surface area contributed by atoms with Crippen LogP contribution in [-0.2, 0) is 33.3 Å². The fraction of sp³-hybridized carbons (Fsp3) is 0.719. The molecule has 4 saturated heterocycles. The predicted octanol–water partition coefficient (Wildman–Crippen LogP) is 2.95. The first-order valence-electron chi connectivity index (χ1n) is 15.5. The lowest BCUT2D eigenvalue weighted by atomic mass is 9.87. The highest BCUT2D eigenvalue weighted by Gasteiger charge is 2.61. The van der Waals surface area contributed by atoms with Gasteiger partial charge in [-0.3, -0.25) is 9.59 Å². The molecule has 4 rings (SSSR count). The first-order valence-corrected chi connectivity index (χ1v) is 15.5. The average molecular weight is 621 g/mol. The number of carbonyl (C=O) groups excluding carboxylic acids is 2. The number of carbonyl (C=O) groups is 3. The van der Waals surface area contributed by atoms with Gasteiger partial charge in [-0.1, -0.05) is 30.7 Å². The SMILES string of the molecule is CO[C@@]1(C)C[C@@]2(CO2)[C@H](O)C(/C=C/C(C)=C/C[C@@H]2O[C@H](C)[C@H](NC(=O)/C=C\[C@H](C)OC(=O)N3CC[C@H](C(=O)O)C3)C[C@@H]2C)O1. The van der Waals surface area contributed by atoms with Crippen molar-refractivity contribution in [3.05, 3.63) is 36.0 Å². The Balaban J connectivity index is 1.21. The second kappa shape index (κ2) is 14.1. The van der Waals surface area contributed by atoms with Gasteiger partial charge < -0.3 is 44.1 Å². The summed E-state index contributed by atoms with van der Waals surface area (Å²) in [5.41, 5.74) is 0.411. The topological polar surface area (TPSA) is 156 Å². The van der Waals surface area contributed by atoms with Crippen LogP contribution in [0.25, 0.3) is 0 Å². The Hall–Kier alpha value is -2.77. The molecule has 4 aliphatic rings. The van der Waals surface area contributed by atoms with E-state index in [1.165, 1.54) is 17.1 Å². The number of hydrogen-bond donors (Lipinski definition) is 3. The Kier molecular flexibility index (Phi) is 10.9. The summed E-state index contributed by atoms with van der Waals surface area (Å²) in [6.07, 6.45) is 8.32. The third-order valence-corrected chi connectivity index (χ3v) is 9.17. The van der Waals surface area contributed by atoms with Crippen molar-refractivity contribution in [3.63, 3.8) is 0 Å². The van der Waals surface area contributed by atoms with Crippen molar-refractivity contribution < 1.29 is 48.3 Å². The van der Waals surface area contributed by atoms with E-state index in [1.54, 1.807) is 14.0 Å². The summed E-state index contributed by atoms with van der Waals surface area (Å²) < 4.78 is 28.8. The first kappa shape index (κ1) is 34.1. The van der Waals surface area contributed by atoms with Crippen LogP contribution in [-0.4, -0.2) is 108 Å². The lowest BCUT2D eigenvalue weighted by molar-refractivity contribution is -0.284. The number of aliphatic hydroxyl groups is 1. The van der Waals surface area contributed by atoms with E-state index in [2.05, 4.69) is 18.3 Å². The molecule has 0 aliphatic carbocycles. The molecular weight excluding hydrogens is 572 g/mol. The Bertz CT molecular complexity index is 1150. The average Bonchev–Trinajstić information content (AvgIpc) is 3.54. The van der Waals surface area contributed by atoms with Crippen molar-refractivity contribution in [3.8, 4) is 0 Å². The smallest absolute Gasteiger partial charge is 0.410 e. The lowest BCUT2D eigenvalue weighted by Crippen LogP contribution is -2.55. The van der Waals surface area contributed by atoms with Crippen LogP contribution < -0.4 is 5.32 Å². The van der Waals surface area contributed by atoms with E-state index in [0.29, 0.717) is 32.4 Å². The number of aliphatic hydroxyl groups excluding tert-OH is 1. The standard InChI is InChI=1S/C32H48N2O10/c1-19(8-11-26-28(36)32(18-41-32)17-31(5,40-6)44-26)7-10-25-20(2)15-24(22(4)43-25)33-27(35)12-9-21(3)42-30(39)34-14-13-23(16-34)29(37)38/h7-9,11-12,20-26,28,36H,10,13-18H2,1-6H3,(H,33,35)(H,37,38)/b11-8+,12-9-,19-7+/t20-,21-,22+,23-,24+,25-,26?,28+,31+,32+/m0/s1. The van der Waals surface area contributed by atoms with Crippen LogP contribution in [0.2, 0.25) is 0 Å². The molecule has 0 radical (unpaired) electrons. The fourth-order valence-electron chi connectivity index (χ4n) is 6.16. The molecule has 1 unspecified atom stereocenters. The Morgan fingerprint density at radius 2 is 1.95 bits per heavy atom. The van der Waals surface area contributed by atoms with E-state index in [9.17, 15) is 19.5 Å². The Morgan fingerprint density at radius 1 is 1.23 bits per heavy atom. The molecule has 246 valence electrons. The summed E-state index contributed by atoms with van der Waals surface area (Å²) in [5, 5.41) is 22.9. The van der Waals surface area contributed by atoms with Crippen LogP contribution in [0.3, 0.4) is 0 Å². The number of methoxy groups -OCH3 is 1. The predicted molar refractivity (Wildman–Crippen MR) is 160 cm³/mol. The maximum absolute atomic E-state index is 12.6. The van der Waals surface area contributed by atoms with E-state index < -0.39 is 47.7 Å². The van der Waals surface area contributed by atoms with Gasteiger partial charge in [-0.05, 0) is 59.0 Å². The van der Waals surface area contributed by atoms with Gasteiger partial charge in [0.15, 0.2) is 5.79 Å². The molecule has 0 bridgehead atoms. The van der Waals surface area contributed by atoms with Crippen LogP contribution >= 0.6 is 0 Å². The van der Waals surface area contributed by atoms with Crippen molar-refractivity contribution in [2.45, 2.75) is 108 Å². The van der Waals surface area contributed by atoms with Gasteiger partial charge in [-0.2, -0.15) is 0 Å². The van der Waals surface area contributed by atoms with Gasteiger partial charge in [0.05, 0.1) is 30.8 Å². The zero-order chi connectivity index (χ0) is 32.2. The molecular formula is C32H48N2O10. The number of likely N-dealkylation sites (tertiary alicyclic amines) is 1. The summed E-state index contributed by atoms with van der Waals surface area (Å²) in [7, 11) is 1.59. The van der Waals surface area contributed by atoms with Crippen molar-refractivity contribution in [1.29, 1.82) is 0 Å². The highest BCUT2D eigenvalue weighted by molar-refractivity contribution is 5.87. The molecule has 0 saturated carbocycles. The molecule has 10 atom stereocenters. The van der Waals surface area contributed by atoms with Gasteiger partial charge >= 0.3 is 12.1 Å². The number of nitrogens with one attached hydrogen (secondary N) is 1. The Labute approximate surface area is 259 Å². The van der Waals surface area contributed by atoms with Crippen molar-refractivity contribution in [2.24, 2.45) is 11.8 Å². The third kappa shape index (κ3) is 8.48. The van der Waals surface area contributed by atoms with Gasteiger partial charge in [0.25, 0.3) is 0 Å².